The third-order valence-electron chi connectivity index (χ3n) is 7.51. The van der Waals surface area contributed by atoms with Gasteiger partial charge in [0.05, 0.1) is 0 Å². The van der Waals surface area contributed by atoms with Gasteiger partial charge in [0.15, 0.2) is 0 Å². The molecule has 0 radical (unpaired) electrons. The average Bonchev–Trinajstić information content (AvgIpc) is 3.26. The highest BCUT2D eigenvalue weighted by molar-refractivity contribution is 4.71. The van der Waals surface area contributed by atoms with Crippen molar-refractivity contribution < 1.29 is 0 Å². The predicted molar refractivity (Wildman–Crippen MR) is 134 cm³/mol. The van der Waals surface area contributed by atoms with E-state index in [1.807, 2.05) is 0 Å². The highest BCUT2D eigenvalue weighted by atomic mass is 15.1. The molecule has 180 valence electrons. The van der Waals surface area contributed by atoms with Crippen LogP contribution in [0.15, 0.2) is 0 Å². The molecule has 4 nitrogen and oxygen atoms in total. The van der Waals surface area contributed by atoms with Gasteiger partial charge in [0.1, 0.15) is 0 Å². The summed E-state index contributed by atoms with van der Waals surface area (Å²) in [4.78, 5) is 9.63. The molecule has 0 aromatic rings. The van der Waals surface area contributed by atoms with Crippen molar-refractivity contribution in [3.63, 3.8) is 0 Å². The van der Waals surface area contributed by atoms with Gasteiger partial charge in [-0.1, -0.05) is 20.3 Å². The van der Waals surface area contributed by atoms with Gasteiger partial charge in [-0.25, -0.2) is 0 Å². The van der Waals surface area contributed by atoms with Crippen molar-refractivity contribution in [2.75, 3.05) is 67.5 Å². The van der Waals surface area contributed by atoms with E-state index in [-0.39, 0.29) is 0 Å². The molecule has 0 aliphatic carbocycles. The second-order valence-electron chi connectivity index (χ2n) is 11.0. The van der Waals surface area contributed by atoms with Crippen molar-refractivity contribution in [3.05, 3.63) is 0 Å². The molecule has 4 aliphatic heterocycles. The Kier molecular flexibility index (Phi) is 14.5. The first-order valence-electron chi connectivity index (χ1n) is 13.0. The topological polar surface area (TPSA) is 13.0 Å². The first-order chi connectivity index (χ1) is 14.2. The number of likely N-dealkylation sites (tertiary alicyclic amines) is 4. The van der Waals surface area contributed by atoms with Crippen molar-refractivity contribution in [3.8, 4) is 0 Å². The summed E-state index contributed by atoms with van der Waals surface area (Å²) < 4.78 is 0. The summed E-state index contributed by atoms with van der Waals surface area (Å²) in [5, 5.41) is 0. The third-order valence-corrected chi connectivity index (χ3v) is 7.51. The lowest BCUT2D eigenvalue weighted by Crippen LogP contribution is -2.33. The Morgan fingerprint density at radius 1 is 0.467 bits per heavy atom. The maximum atomic E-state index is 2.43. The van der Waals surface area contributed by atoms with Crippen LogP contribution in [0.5, 0.6) is 0 Å². The van der Waals surface area contributed by atoms with E-state index in [4.69, 9.17) is 0 Å². The average molecular weight is 425 g/mol. The van der Waals surface area contributed by atoms with Crippen LogP contribution in [-0.4, -0.2) is 99.1 Å². The molecule has 0 aromatic carbocycles. The van der Waals surface area contributed by atoms with Crippen LogP contribution in [0.4, 0.5) is 0 Å². The van der Waals surface area contributed by atoms with E-state index in [0.717, 1.165) is 23.9 Å². The van der Waals surface area contributed by atoms with Gasteiger partial charge in [0.25, 0.3) is 0 Å². The lowest BCUT2D eigenvalue weighted by Gasteiger charge is -2.29. The molecule has 0 saturated carbocycles. The van der Waals surface area contributed by atoms with E-state index in [2.05, 4.69) is 75.5 Å². The molecule has 0 amide bonds. The summed E-state index contributed by atoms with van der Waals surface area (Å²) in [7, 11) is 8.79. The van der Waals surface area contributed by atoms with E-state index in [1.165, 1.54) is 90.6 Å². The molecule has 0 spiro atoms. The van der Waals surface area contributed by atoms with Gasteiger partial charge < -0.3 is 19.6 Å². The van der Waals surface area contributed by atoms with E-state index in [9.17, 15) is 0 Å². The molecule has 4 saturated heterocycles. The molecule has 4 fully saturated rings. The van der Waals surface area contributed by atoms with Gasteiger partial charge in [-0.15, -0.1) is 0 Å². The fourth-order valence-corrected chi connectivity index (χ4v) is 4.90. The van der Waals surface area contributed by atoms with Crippen LogP contribution in [0.1, 0.15) is 79.1 Å². The Morgan fingerprint density at radius 2 is 0.933 bits per heavy atom. The monoisotopic (exact) mass is 424 g/mol. The summed E-state index contributed by atoms with van der Waals surface area (Å²) >= 11 is 0. The summed E-state index contributed by atoms with van der Waals surface area (Å²) in [6.45, 7) is 17.1. The van der Waals surface area contributed by atoms with Gasteiger partial charge in [-0.3, -0.25) is 0 Å². The Bertz CT molecular complexity index is 382. The molecule has 0 aromatic heterocycles. The second kappa shape index (κ2) is 15.6. The molecular weight excluding hydrogens is 368 g/mol. The van der Waals surface area contributed by atoms with Crippen LogP contribution in [0.25, 0.3) is 0 Å². The van der Waals surface area contributed by atoms with E-state index < -0.39 is 0 Å². The molecular formula is C26H56N4. The standard InChI is InChI=1S/2C7H15N.2C6H13N/c1-7-4-3-5-8(2)6-7;1-7-5-3-4-6-8(7)2;1-6-3-4-7(2)5-6;1-6-4-3-5-7(6)2/h2*7H,3-6H2,1-2H3;2*6H,3-5H2,1-2H3. The first kappa shape index (κ1) is 27.9. The number of piperidine rings is 2. The zero-order valence-corrected chi connectivity index (χ0v) is 22.0. The summed E-state index contributed by atoms with van der Waals surface area (Å²) in [6.07, 6.45) is 11.3. The SMILES string of the molecule is CC1CCCCN1C.CC1CCCN(C)C1.CC1CCCN1C.CC1CCN(C)C1. The van der Waals surface area contributed by atoms with Crippen molar-refractivity contribution in [1.82, 2.24) is 19.6 Å². The highest BCUT2D eigenvalue weighted by Gasteiger charge is 2.15. The maximum Gasteiger partial charge on any atom is 0.00643 e. The normalized spacial score (nSPS) is 33.6. The van der Waals surface area contributed by atoms with Gasteiger partial charge in [0, 0.05) is 25.2 Å². The van der Waals surface area contributed by atoms with Crippen LogP contribution in [-0.2, 0) is 0 Å². The van der Waals surface area contributed by atoms with E-state index in [1.54, 1.807) is 0 Å². The Hall–Kier alpha value is -0.160. The van der Waals surface area contributed by atoms with Crippen molar-refractivity contribution >= 4 is 0 Å². The molecule has 4 heteroatoms. The molecule has 4 rings (SSSR count). The zero-order valence-electron chi connectivity index (χ0n) is 22.0. The number of rotatable bonds is 0. The van der Waals surface area contributed by atoms with Crippen LogP contribution in [0, 0.1) is 11.8 Å². The number of nitrogens with zero attached hydrogens (tertiary/aromatic N) is 4. The molecule has 4 aliphatic rings. The van der Waals surface area contributed by atoms with Gasteiger partial charge in [-0.05, 0) is 125 Å². The minimum Gasteiger partial charge on any atom is -0.306 e. The molecule has 30 heavy (non-hydrogen) atoms. The molecule has 0 bridgehead atoms. The molecule has 0 N–H and O–H groups in total. The summed E-state index contributed by atoms with van der Waals surface area (Å²) in [6, 6.07) is 1.68. The number of hydrogen-bond donors (Lipinski definition) is 0. The maximum absolute atomic E-state index is 2.43. The van der Waals surface area contributed by atoms with E-state index in [0.29, 0.717) is 0 Å². The van der Waals surface area contributed by atoms with Crippen molar-refractivity contribution in [1.29, 1.82) is 0 Å². The van der Waals surface area contributed by atoms with Crippen LogP contribution < -0.4 is 0 Å². The van der Waals surface area contributed by atoms with E-state index >= 15 is 0 Å². The smallest absolute Gasteiger partial charge is 0.00643 e. The third kappa shape index (κ3) is 12.6. The predicted octanol–water partition coefficient (Wildman–Crippen LogP) is 4.90. The quantitative estimate of drug-likeness (QED) is 0.548. The first-order valence-corrected chi connectivity index (χ1v) is 13.0. The zero-order chi connectivity index (χ0) is 22.5. The fourth-order valence-electron chi connectivity index (χ4n) is 4.90. The molecule has 4 heterocycles. The van der Waals surface area contributed by atoms with Gasteiger partial charge in [0.2, 0.25) is 0 Å². The van der Waals surface area contributed by atoms with Crippen LogP contribution in [0.2, 0.25) is 0 Å². The summed E-state index contributed by atoms with van der Waals surface area (Å²) in [5.74, 6) is 1.89. The van der Waals surface area contributed by atoms with Crippen molar-refractivity contribution in [2.24, 2.45) is 11.8 Å². The Morgan fingerprint density at radius 3 is 1.20 bits per heavy atom. The second-order valence-corrected chi connectivity index (χ2v) is 11.0. The minimum atomic E-state index is 0.837. The highest BCUT2D eigenvalue weighted by Crippen LogP contribution is 2.14. The fraction of sp³-hybridized carbons (Fsp3) is 1.00. The summed E-state index contributed by atoms with van der Waals surface area (Å²) in [5.41, 5.74) is 0. The Labute approximate surface area is 190 Å². The van der Waals surface area contributed by atoms with Gasteiger partial charge >= 0.3 is 0 Å². The Balaban J connectivity index is 0.000000200. The number of hydrogen-bond acceptors (Lipinski definition) is 4. The molecule has 4 atom stereocenters. The molecule has 4 unspecified atom stereocenters. The van der Waals surface area contributed by atoms with Crippen LogP contribution >= 0.6 is 0 Å². The van der Waals surface area contributed by atoms with Gasteiger partial charge in [-0.2, -0.15) is 0 Å². The van der Waals surface area contributed by atoms with Crippen molar-refractivity contribution in [2.45, 2.75) is 91.1 Å². The largest absolute Gasteiger partial charge is 0.306 e. The van der Waals surface area contributed by atoms with Crippen LogP contribution in [0.3, 0.4) is 0 Å². The lowest BCUT2D eigenvalue weighted by molar-refractivity contribution is 0.200. The minimum absolute atomic E-state index is 0.837. The lowest BCUT2D eigenvalue weighted by atomic mass is 10.0.